The number of nitrogens with one attached hydrogen (secondary N) is 1. The highest BCUT2D eigenvalue weighted by Gasteiger charge is 2.30. The van der Waals surface area contributed by atoms with Crippen molar-refractivity contribution in [2.45, 2.75) is 45.6 Å². The molecule has 4 heteroatoms. The molecule has 2 fully saturated rings. The highest BCUT2D eigenvalue weighted by molar-refractivity contribution is 5.82. The Kier molecular flexibility index (Phi) is 4.28. The lowest BCUT2D eigenvalue weighted by Crippen LogP contribution is -2.37. The minimum Gasteiger partial charge on any atom is -0.387 e. The summed E-state index contributed by atoms with van der Waals surface area (Å²) in [7, 11) is 0. The molecule has 1 atom stereocenters. The zero-order valence-corrected chi connectivity index (χ0v) is 11.9. The van der Waals surface area contributed by atoms with Crippen molar-refractivity contribution in [1.82, 2.24) is 9.80 Å². The van der Waals surface area contributed by atoms with Gasteiger partial charge < -0.3 is 10.6 Å². The quantitative estimate of drug-likeness (QED) is 0.576. The van der Waals surface area contributed by atoms with E-state index in [9.17, 15) is 0 Å². The first-order valence-electron chi connectivity index (χ1n) is 7.30. The summed E-state index contributed by atoms with van der Waals surface area (Å²) in [4.78, 5) is 5.21. The van der Waals surface area contributed by atoms with Crippen molar-refractivity contribution in [3.63, 3.8) is 0 Å². The van der Waals surface area contributed by atoms with Crippen molar-refractivity contribution < 1.29 is 0 Å². The molecular formula is C14H28N4. The van der Waals surface area contributed by atoms with Gasteiger partial charge in [0.2, 0.25) is 0 Å². The summed E-state index contributed by atoms with van der Waals surface area (Å²) in [5.74, 6) is 0.317. The molecule has 4 nitrogen and oxygen atoms in total. The van der Waals surface area contributed by atoms with Crippen LogP contribution in [-0.2, 0) is 0 Å². The largest absolute Gasteiger partial charge is 0.387 e. The van der Waals surface area contributed by atoms with Gasteiger partial charge in [-0.2, -0.15) is 0 Å². The molecule has 2 rings (SSSR count). The average Bonchev–Trinajstić information content (AvgIpc) is 2.97. The summed E-state index contributed by atoms with van der Waals surface area (Å²) in [5.41, 5.74) is 5.49. The topological polar surface area (TPSA) is 56.4 Å². The Hall–Kier alpha value is -0.610. The van der Waals surface area contributed by atoms with Crippen molar-refractivity contribution in [2.75, 3.05) is 32.7 Å². The van der Waals surface area contributed by atoms with Crippen molar-refractivity contribution in [1.29, 1.82) is 5.41 Å². The van der Waals surface area contributed by atoms with Gasteiger partial charge in [0.05, 0.1) is 5.84 Å². The summed E-state index contributed by atoms with van der Waals surface area (Å²) in [6, 6.07) is 0.785. The van der Waals surface area contributed by atoms with Crippen molar-refractivity contribution >= 4 is 5.84 Å². The summed E-state index contributed by atoms with van der Waals surface area (Å²) in [6.07, 6.45) is 5.08. The SMILES string of the molecule is CC(C)(CCN1CCC(N2CCCC2)C1)C(=N)N. The Bertz CT molecular complexity index is 294. The number of nitrogens with zero attached hydrogens (tertiary/aromatic N) is 2. The maximum absolute atomic E-state index is 7.60. The highest BCUT2D eigenvalue weighted by atomic mass is 15.3. The van der Waals surface area contributed by atoms with E-state index < -0.39 is 0 Å². The first-order chi connectivity index (χ1) is 8.49. The molecule has 0 spiro atoms. The van der Waals surface area contributed by atoms with Gasteiger partial charge in [-0.25, -0.2) is 0 Å². The second-order valence-corrected chi connectivity index (χ2v) is 6.53. The standard InChI is InChI=1S/C14H28N4/c1-14(2,13(15)16)6-10-17-9-5-12(11-17)18-7-3-4-8-18/h12H,3-11H2,1-2H3,(H3,15,16). The molecule has 2 aliphatic heterocycles. The third-order valence-corrected chi connectivity index (χ3v) is 4.69. The van der Waals surface area contributed by atoms with Crippen molar-refractivity contribution in [3.05, 3.63) is 0 Å². The molecule has 1 unspecified atom stereocenters. The molecule has 3 N–H and O–H groups in total. The monoisotopic (exact) mass is 252 g/mol. The second-order valence-electron chi connectivity index (χ2n) is 6.53. The molecule has 0 bridgehead atoms. The highest BCUT2D eigenvalue weighted by Crippen LogP contribution is 2.24. The van der Waals surface area contributed by atoms with E-state index in [0.717, 1.165) is 19.0 Å². The van der Waals surface area contributed by atoms with Crippen molar-refractivity contribution in [2.24, 2.45) is 11.1 Å². The molecule has 0 radical (unpaired) electrons. The molecule has 2 aliphatic rings. The fourth-order valence-corrected chi connectivity index (χ4v) is 2.99. The van der Waals surface area contributed by atoms with Crippen LogP contribution in [0.5, 0.6) is 0 Å². The predicted molar refractivity (Wildman–Crippen MR) is 76.0 cm³/mol. The lowest BCUT2D eigenvalue weighted by atomic mass is 9.88. The Morgan fingerprint density at radius 2 is 1.94 bits per heavy atom. The summed E-state index contributed by atoms with van der Waals surface area (Å²) in [5, 5.41) is 7.60. The lowest BCUT2D eigenvalue weighted by molar-refractivity contribution is 0.224. The molecule has 0 aromatic heterocycles. The molecule has 0 aromatic carbocycles. The van der Waals surface area contributed by atoms with Gasteiger partial charge in [-0.15, -0.1) is 0 Å². The minimum atomic E-state index is -0.147. The van der Waals surface area contributed by atoms with E-state index in [1.807, 2.05) is 0 Å². The average molecular weight is 252 g/mol. The van der Waals surface area contributed by atoms with Gasteiger partial charge in [0.15, 0.2) is 0 Å². The zero-order chi connectivity index (χ0) is 13.2. The van der Waals surface area contributed by atoms with Crippen LogP contribution < -0.4 is 5.73 Å². The van der Waals surface area contributed by atoms with E-state index in [4.69, 9.17) is 11.1 Å². The van der Waals surface area contributed by atoms with Crippen LogP contribution in [0.3, 0.4) is 0 Å². The normalized spacial score (nSPS) is 26.9. The van der Waals surface area contributed by atoms with Gasteiger partial charge >= 0.3 is 0 Å². The zero-order valence-electron chi connectivity index (χ0n) is 11.9. The van der Waals surface area contributed by atoms with Gasteiger partial charge in [0.1, 0.15) is 0 Å². The number of nitrogens with two attached hydrogens (primary N) is 1. The van der Waals surface area contributed by atoms with E-state index in [1.54, 1.807) is 0 Å². The van der Waals surface area contributed by atoms with Gasteiger partial charge in [0.25, 0.3) is 0 Å². The number of hydrogen-bond acceptors (Lipinski definition) is 3. The second kappa shape index (κ2) is 5.57. The van der Waals surface area contributed by atoms with Crippen LogP contribution in [0.1, 0.15) is 39.5 Å². The number of likely N-dealkylation sites (tertiary alicyclic amines) is 2. The summed E-state index contributed by atoms with van der Waals surface area (Å²) < 4.78 is 0. The van der Waals surface area contributed by atoms with Crippen LogP contribution in [0.4, 0.5) is 0 Å². The molecule has 0 saturated carbocycles. The molecular weight excluding hydrogens is 224 g/mol. The number of rotatable bonds is 5. The molecule has 18 heavy (non-hydrogen) atoms. The first-order valence-corrected chi connectivity index (χ1v) is 7.30. The van der Waals surface area contributed by atoms with E-state index in [1.165, 1.54) is 45.4 Å². The van der Waals surface area contributed by atoms with E-state index in [-0.39, 0.29) is 5.41 Å². The van der Waals surface area contributed by atoms with Crippen LogP contribution in [0.15, 0.2) is 0 Å². The Morgan fingerprint density at radius 3 is 2.56 bits per heavy atom. The Morgan fingerprint density at radius 1 is 1.28 bits per heavy atom. The first kappa shape index (κ1) is 13.8. The molecule has 2 heterocycles. The van der Waals surface area contributed by atoms with E-state index in [2.05, 4.69) is 23.6 Å². The van der Waals surface area contributed by atoms with Gasteiger partial charge in [-0.3, -0.25) is 10.3 Å². The molecule has 0 aromatic rings. The molecule has 0 amide bonds. The molecule has 0 aliphatic carbocycles. The lowest BCUT2D eigenvalue weighted by Gasteiger charge is -2.27. The van der Waals surface area contributed by atoms with E-state index in [0.29, 0.717) is 5.84 Å². The maximum atomic E-state index is 7.60. The van der Waals surface area contributed by atoms with Crippen LogP contribution in [-0.4, -0.2) is 54.4 Å². The smallest absolute Gasteiger partial charge is 0.0963 e. The number of amidine groups is 1. The fraction of sp³-hybridized carbons (Fsp3) is 0.929. The third kappa shape index (κ3) is 3.23. The van der Waals surface area contributed by atoms with Crippen LogP contribution >= 0.6 is 0 Å². The summed E-state index contributed by atoms with van der Waals surface area (Å²) in [6.45, 7) is 10.3. The van der Waals surface area contributed by atoms with Crippen LogP contribution in [0.25, 0.3) is 0 Å². The van der Waals surface area contributed by atoms with Crippen LogP contribution in [0.2, 0.25) is 0 Å². The molecule has 104 valence electrons. The Labute approximate surface area is 111 Å². The van der Waals surface area contributed by atoms with Crippen LogP contribution in [0, 0.1) is 10.8 Å². The minimum absolute atomic E-state index is 0.147. The van der Waals surface area contributed by atoms with Gasteiger partial charge in [-0.1, -0.05) is 13.8 Å². The fourth-order valence-electron chi connectivity index (χ4n) is 2.99. The predicted octanol–water partition coefficient (Wildman–Crippen LogP) is 1.51. The summed E-state index contributed by atoms with van der Waals surface area (Å²) >= 11 is 0. The third-order valence-electron chi connectivity index (χ3n) is 4.69. The van der Waals surface area contributed by atoms with Gasteiger partial charge in [0, 0.05) is 18.0 Å². The van der Waals surface area contributed by atoms with E-state index >= 15 is 0 Å². The van der Waals surface area contributed by atoms with Crippen molar-refractivity contribution in [3.8, 4) is 0 Å². The van der Waals surface area contributed by atoms with Gasteiger partial charge in [-0.05, 0) is 51.9 Å². The number of hydrogen-bond donors (Lipinski definition) is 2. The Balaban J connectivity index is 1.74. The maximum Gasteiger partial charge on any atom is 0.0963 e. The molecule has 2 saturated heterocycles.